The van der Waals surface area contributed by atoms with Crippen LogP contribution in [0.15, 0.2) is 72.4 Å². The van der Waals surface area contributed by atoms with Gasteiger partial charge in [-0.25, -0.2) is 4.79 Å². The number of nitro groups is 1. The molecular weight excluding hydrogens is 506 g/mol. The predicted molar refractivity (Wildman–Crippen MR) is 159 cm³/mol. The highest BCUT2D eigenvalue weighted by Gasteiger charge is 2.21. The Labute approximate surface area is 235 Å². The molecule has 3 rings (SSSR count). The average molecular weight is 544 g/mol. The number of ketones is 1. The second-order valence-corrected chi connectivity index (χ2v) is 9.62. The summed E-state index contributed by atoms with van der Waals surface area (Å²) in [5.74, 6) is -0.993. The molecule has 8 nitrogen and oxygen atoms in total. The molecule has 2 aromatic carbocycles. The molecule has 8 heteroatoms. The predicted octanol–water partition coefficient (Wildman–Crippen LogP) is 7.17. The number of nitrogens with zero attached hydrogens (tertiary/aromatic N) is 3. The summed E-state index contributed by atoms with van der Waals surface area (Å²) in [6, 6.07) is 14.4. The summed E-state index contributed by atoms with van der Waals surface area (Å²) >= 11 is 0. The van der Waals surface area contributed by atoms with Gasteiger partial charge in [-0.1, -0.05) is 93.2 Å². The molecule has 3 aromatic rings. The lowest BCUT2D eigenvalue weighted by Gasteiger charge is -2.11. The Morgan fingerprint density at radius 1 is 1.02 bits per heavy atom. The molecule has 0 aliphatic rings. The smallest absolute Gasteiger partial charge is 0.332 e. The number of rotatable bonds is 16. The Bertz CT molecular complexity index is 1400. The maximum Gasteiger partial charge on any atom is 0.332 e. The Balaban J connectivity index is 2.02. The number of hydrogen-bond donors (Lipinski definition) is 0. The zero-order valence-electron chi connectivity index (χ0n) is 23.3. The molecule has 0 N–H and O–H groups in total. The SMILES string of the molecule is C=Cc1c(C/C=C\C[N+](=O)[O-])n(CCCCCCCC)c2ccc(C(=O)/C(=N/OC(C)=O)c3ccccc3)cc12. The van der Waals surface area contributed by atoms with Gasteiger partial charge < -0.3 is 9.40 Å². The van der Waals surface area contributed by atoms with Crippen LogP contribution in [0.1, 0.15) is 79.6 Å². The van der Waals surface area contributed by atoms with E-state index in [1.54, 1.807) is 42.5 Å². The van der Waals surface area contributed by atoms with Crippen molar-refractivity contribution in [1.82, 2.24) is 4.57 Å². The van der Waals surface area contributed by atoms with Gasteiger partial charge in [-0.3, -0.25) is 14.9 Å². The summed E-state index contributed by atoms with van der Waals surface area (Å²) in [6.45, 7) is 8.03. The lowest BCUT2D eigenvalue weighted by atomic mass is 9.98. The van der Waals surface area contributed by atoms with Crippen molar-refractivity contribution in [3.05, 3.63) is 99.8 Å². The Hall–Kier alpha value is -4.33. The lowest BCUT2D eigenvalue weighted by molar-refractivity contribution is -0.468. The highest BCUT2D eigenvalue weighted by Crippen LogP contribution is 2.30. The number of unbranched alkanes of at least 4 members (excludes halogenated alkanes) is 5. The molecule has 1 aromatic heterocycles. The number of carbonyl (C=O) groups is 2. The molecule has 0 aliphatic heterocycles. The minimum atomic E-state index is -0.618. The molecule has 0 radical (unpaired) electrons. The quantitative estimate of drug-likeness (QED) is 0.0362. The molecule has 210 valence electrons. The number of benzene rings is 2. The molecule has 0 aliphatic carbocycles. The molecular formula is C32H37N3O5. The lowest BCUT2D eigenvalue weighted by Crippen LogP contribution is -2.17. The van der Waals surface area contributed by atoms with Gasteiger partial charge in [0.1, 0.15) is 0 Å². The first-order chi connectivity index (χ1) is 19.4. The summed E-state index contributed by atoms with van der Waals surface area (Å²) in [7, 11) is 0. The van der Waals surface area contributed by atoms with E-state index in [1.807, 2.05) is 24.3 Å². The minimum Gasteiger partial charge on any atom is -0.344 e. The first kappa shape index (κ1) is 30.2. The second kappa shape index (κ2) is 15.3. The summed E-state index contributed by atoms with van der Waals surface area (Å²) in [5, 5.41) is 15.5. The van der Waals surface area contributed by atoms with Crippen LogP contribution in [-0.2, 0) is 22.6 Å². The summed E-state index contributed by atoms with van der Waals surface area (Å²) < 4.78 is 2.24. The molecule has 0 spiro atoms. The van der Waals surface area contributed by atoms with E-state index in [-0.39, 0.29) is 23.0 Å². The molecule has 0 fully saturated rings. The van der Waals surface area contributed by atoms with Gasteiger partial charge in [-0.05, 0) is 30.7 Å². The van der Waals surface area contributed by atoms with E-state index in [1.165, 1.54) is 32.6 Å². The third kappa shape index (κ3) is 8.09. The number of carbonyl (C=O) groups excluding carboxylic acids is 2. The second-order valence-electron chi connectivity index (χ2n) is 9.62. The Morgan fingerprint density at radius 2 is 1.75 bits per heavy atom. The zero-order chi connectivity index (χ0) is 28.9. The van der Waals surface area contributed by atoms with Gasteiger partial charge in [0.2, 0.25) is 12.3 Å². The summed E-state index contributed by atoms with van der Waals surface area (Å²) in [4.78, 5) is 40.4. The van der Waals surface area contributed by atoms with Crippen LogP contribution in [0.25, 0.3) is 17.0 Å². The van der Waals surface area contributed by atoms with Crippen LogP contribution < -0.4 is 0 Å². The van der Waals surface area contributed by atoms with Crippen LogP contribution in [0.3, 0.4) is 0 Å². The molecule has 40 heavy (non-hydrogen) atoms. The third-order valence-electron chi connectivity index (χ3n) is 6.68. The number of aryl methyl sites for hydroxylation is 1. The fourth-order valence-electron chi connectivity index (χ4n) is 4.75. The largest absolute Gasteiger partial charge is 0.344 e. The van der Waals surface area contributed by atoms with Gasteiger partial charge in [0.25, 0.3) is 0 Å². The number of fused-ring (bicyclic) bond motifs is 1. The molecule has 0 bridgehead atoms. The summed E-state index contributed by atoms with van der Waals surface area (Å²) in [5.41, 5.74) is 3.83. The highest BCUT2D eigenvalue weighted by atomic mass is 16.7. The van der Waals surface area contributed by atoms with Gasteiger partial charge in [0.15, 0.2) is 5.71 Å². The minimum absolute atomic E-state index is 0.0322. The molecule has 0 atom stereocenters. The van der Waals surface area contributed by atoms with Crippen molar-refractivity contribution in [2.24, 2.45) is 5.16 Å². The van der Waals surface area contributed by atoms with Gasteiger partial charge >= 0.3 is 5.97 Å². The van der Waals surface area contributed by atoms with Crippen LogP contribution in [0.2, 0.25) is 0 Å². The molecule has 0 amide bonds. The van der Waals surface area contributed by atoms with Crippen molar-refractivity contribution < 1.29 is 19.3 Å². The normalized spacial score (nSPS) is 11.7. The Morgan fingerprint density at radius 3 is 2.42 bits per heavy atom. The molecule has 0 saturated heterocycles. The van der Waals surface area contributed by atoms with Gasteiger partial charge in [0.05, 0.1) is 0 Å². The van der Waals surface area contributed by atoms with Gasteiger partial charge in [0, 0.05) is 58.1 Å². The fraction of sp³-hybridized carbons (Fsp3) is 0.344. The number of aromatic nitrogens is 1. The third-order valence-corrected chi connectivity index (χ3v) is 6.68. The van der Waals surface area contributed by atoms with Crippen molar-refractivity contribution in [1.29, 1.82) is 0 Å². The average Bonchev–Trinajstić information content (AvgIpc) is 3.24. The van der Waals surface area contributed by atoms with E-state index < -0.39 is 5.97 Å². The van der Waals surface area contributed by atoms with Gasteiger partial charge in [-0.15, -0.1) is 0 Å². The van der Waals surface area contributed by atoms with E-state index >= 15 is 0 Å². The number of oxime groups is 1. The van der Waals surface area contributed by atoms with Crippen LogP contribution in [0.4, 0.5) is 0 Å². The summed E-state index contributed by atoms with van der Waals surface area (Å²) in [6.07, 6.45) is 12.6. The maximum atomic E-state index is 13.6. The van der Waals surface area contributed by atoms with Crippen molar-refractivity contribution >= 4 is 34.4 Å². The topological polar surface area (TPSA) is 104 Å². The Kier molecular flexibility index (Phi) is 11.6. The fourth-order valence-corrected chi connectivity index (χ4v) is 4.75. The van der Waals surface area contributed by atoms with E-state index in [9.17, 15) is 19.7 Å². The van der Waals surface area contributed by atoms with E-state index in [0.717, 1.165) is 41.5 Å². The highest BCUT2D eigenvalue weighted by molar-refractivity contribution is 6.51. The molecule has 0 saturated carbocycles. The zero-order valence-corrected chi connectivity index (χ0v) is 23.3. The number of hydrogen-bond acceptors (Lipinski definition) is 6. The maximum absolute atomic E-state index is 13.6. The molecule has 0 unspecified atom stereocenters. The van der Waals surface area contributed by atoms with Crippen LogP contribution in [0, 0.1) is 10.1 Å². The standard InChI is InChI=1S/C32H37N3O5/c1-4-6-7-8-9-14-21-34-29(18-13-15-22-35(38)39)27(5-2)28-23-26(19-20-30(28)34)32(37)31(33-40-24(3)36)25-16-11-10-12-17-25/h5,10-13,15-17,19-20,23H,2,4,6-9,14,18,21-22H2,1,3H3/b15-13-,33-31+. The number of Topliss-reactive ketones (excluding diaryl/α,β-unsaturated/α-hetero) is 1. The number of allylic oxidation sites excluding steroid dienone is 1. The van der Waals surface area contributed by atoms with Crippen LogP contribution in [0.5, 0.6) is 0 Å². The van der Waals surface area contributed by atoms with Gasteiger partial charge in [-0.2, -0.15) is 0 Å². The van der Waals surface area contributed by atoms with Crippen LogP contribution >= 0.6 is 0 Å². The van der Waals surface area contributed by atoms with Crippen molar-refractivity contribution in [3.8, 4) is 0 Å². The van der Waals surface area contributed by atoms with E-state index in [0.29, 0.717) is 17.5 Å². The van der Waals surface area contributed by atoms with Crippen molar-refractivity contribution in [3.63, 3.8) is 0 Å². The first-order valence-corrected chi connectivity index (χ1v) is 13.8. The van der Waals surface area contributed by atoms with E-state index in [4.69, 9.17) is 4.84 Å². The van der Waals surface area contributed by atoms with Crippen molar-refractivity contribution in [2.45, 2.75) is 65.3 Å². The van der Waals surface area contributed by atoms with E-state index in [2.05, 4.69) is 23.2 Å². The monoisotopic (exact) mass is 543 g/mol. The van der Waals surface area contributed by atoms with Crippen molar-refractivity contribution in [2.75, 3.05) is 6.54 Å². The molecule has 1 heterocycles. The first-order valence-electron chi connectivity index (χ1n) is 13.8. The van der Waals surface area contributed by atoms with Crippen LogP contribution in [-0.4, -0.2) is 33.5 Å².